The van der Waals surface area contributed by atoms with E-state index in [1.54, 1.807) is 24.4 Å². The number of hydrogen-bond donors (Lipinski definition) is 4. The molecule has 0 unspecified atom stereocenters. The molecule has 0 bridgehead atoms. The first-order valence-corrected chi connectivity index (χ1v) is 10.8. The summed E-state index contributed by atoms with van der Waals surface area (Å²) in [6, 6.07) is 9.96. The molecule has 1 saturated heterocycles. The third kappa shape index (κ3) is 3.84. The number of urea groups is 1. The Balaban J connectivity index is 1.76. The number of sulfonamides is 1. The number of aromatic nitrogens is 1. The van der Waals surface area contributed by atoms with Gasteiger partial charge >= 0.3 is 6.03 Å². The first-order valence-electron chi connectivity index (χ1n) is 9.27. The Kier molecular flexibility index (Phi) is 5.04. The Morgan fingerprint density at radius 3 is 2.66 bits per heavy atom. The summed E-state index contributed by atoms with van der Waals surface area (Å²) in [6.45, 7) is -0.199. The number of methoxy groups -OCH3 is 1. The minimum absolute atomic E-state index is 0.134. The lowest BCUT2D eigenvalue weighted by Crippen LogP contribution is -2.49. The highest BCUT2D eigenvalue weighted by Gasteiger charge is 2.46. The minimum atomic E-state index is -3.94. The van der Waals surface area contributed by atoms with Crippen LogP contribution in [0.15, 0.2) is 53.6 Å². The van der Waals surface area contributed by atoms with Crippen molar-refractivity contribution in [3.63, 3.8) is 0 Å². The number of carbonyl (C=O) groups excluding carboxylic acids is 2. The number of hydrogen-bond acceptors (Lipinski definition) is 6. The fraction of sp³-hybridized carbons (Fsp3) is 0.143. The van der Waals surface area contributed by atoms with Crippen molar-refractivity contribution in [3.8, 4) is 23.5 Å². The van der Waals surface area contributed by atoms with Crippen LogP contribution in [0.25, 0.3) is 10.8 Å². The molecule has 2 heterocycles. The van der Waals surface area contributed by atoms with E-state index in [1.165, 1.54) is 35.9 Å². The van der Waals surface area contributed by atoms with Crippen LogP contribution >= 0.6 is 0 Å². The van der Waals surface area contributed by atoms with Gasteiger partial charge in [0.15, 0.2) is 5.88 Å². The Morgan fingerprint density at radius 2 is 2.00 bits per heavy atom. The van der Waals surface area contributed by atoms with E-state index >= 15 is 0 Å². The molecule has 11 heteroatoms. The van der Waals surface area contributed by atoms with Gasteiger partial charge in [0.25, 0.3) is 5.91 Å². The molecule has 1 aliphatic heterocycles. The molecule has 10 nitrogen and oxygen atoms in total. The molecule has 164 valence electrons. The number of aromatic hydroxyl groups is 1. The predicted molar refractivity (Wildman–Crippen MR) is 114 cm³/mol. The maximum atomic E-state index is 12.7. The number of fused-ring (bicyclic) bond motifs is 1. The fourth-order valence-corrected chi connectivity index (χ4v) is 3.95. The summed E-state index contributed by atoms with van der Waals surface area (Å²) in [4.78, 5) is 24.4. The van der Waals surface area contributed by atoms with Crippen molar-refractivity contribution in [2.24, 2.45) is 5.14 Å². The lowest BCUT2D eigenvalue weighted by Gasteiger charge is -2.20. The van der Waals surface area contributed by atoms with Gasteiger partial charge in [-0.1, -0.05) is 17.9 Å². The number of imide groups is 1. The third-order valence-electron chi connectivity index (χ3n) is 5.00. The molecule has 3 amide bonds. The SMILES string of the molecule is COc1ccc2cn(C[C@@]3(C#Cc4cccc(S(N)(=O)=O)c4)NC(=O)NC3=O)c(O)c2c1. The smallest absolute Gasteiger partial charge is 0.323 e. The van der Waals surface area contributed by atoms with E-state index in [0.717, 1.165) is 0 Å². The highest BCUT2D eigenvalue weighted by molar-refractivity contribution is 7.89. The molecule has 0 spiro atoms. The fourth-order valence-electron chi connectivity index (χ4n) is 3.39. The zero-order valence-electron chi connectivity index (χ0n) is 16.7. The highest BCUT2D eigenvalue weighted by Crippen LogP contribution is 2.32. The average molecular weight is 454 g/mol. The zero-order valence-corrected chi connectivity index (χ0v) is 17.6. The number of rotatable bonds is 4. The number of carbonyl (C=O) groups is 2. The van der Waals surface area contributed by atoms with Gasteiger partial charge in [-0.2, -0.15) is 0 Å². The topological polar surface area (TPSA) is 153 Å². The van der Waals surface area contributed by atoms with Gasteiger partial charge < -0.3 is 19.7 Å². The molecule has 0 radical (unpaired) electrons. The second kappa shape index (κ2) is 7.60. The Hall–Kier alpha value is -4.01. The third-order valence-corrected chi connectivity index (χ3v) is 5.91. The summed E-state index contributed by atoms with van der Waals surface area (Å²) < 4.78 is 29.7. The van der Waals surface area contributed by atoms with Gasteiger partial charge in [-0.15, -0.1) is 0 Å². The Morgan fingerprint density at radius 1 is 1.22 bits per heavy atom. The molecule has 3 aromatic rings. The first-order chi connectivity index (χ1) is 15.1. The van der Waals surface area contributed by atoms with Gasteiger partial charge in [-0.3, -0.25) is 10.1 Å². The molecule has 4 rings (SSSR count). The van der Waals surface area contributed by atoms with Crippen molar-refractivity contribution in [2.45, 2.75) is 17.0 Å². The van der Waals surface area contributed by atoms with E-state index < -0.39 is 27.5 Å². The maximum Gasteiger partial charge on any atom is 0.323 e. The minimum Gasteiger partial charge on any atom is -0.497 e. The second-order valence-corrected chi connectivity index (χ2v) is 8.73. The molecular weight excluding hydrogens is 436 g/mol. The lowest BCUT2D eigenvalue weighted by atomic mass is 10.00. The van der Waals surface area contributed by atoms with Crippen molar-refractivity contribution in [3.05, 3.63) is 54.2 Å². The predicted octanol–water partition coefficient (Wildman–Crippen LogP) is 0.633. The molecule has 0 saturated carbocycles. The number of amides is 3. The monoisotopic (exact) mass is 454 g/mol. The van der Waals surface area contributed by atoms with Gasteiger partial charge in [0.05, 0.1) is 18.6 Å². The van der Waals surface area contributed by atoms with Crippen LogP contribution in [0, 0.1) is 11.8 Å². The number of nitrogens with zero attached hydrogens (tertiary/aromatic N) is 1. The summed E-state index contributed by atoms with van der Waals surface area (Å²) in [5.74, 6) is 5.16. The Bertz CT molecular complexity index is 1430. The first kappa shape index (κ1) is 21.2. The normalized spacial score (nSPS) is 18.1. The van der Waals surface area contributed by atoms with Crippen molar-refractivity contribution < 1.29 is 27.9 Å². The van der Waals surface area contributed by atoms with Gasteiger partial charge in [-0.25, -0.2) is 18.4 Å². The van der Waals surface area contributed by atoms with Crippen molar-refractivity contribution in [2.75, 3.05) is 7.11 Å². The van der Waals surface area contributed by atoms with Crippen LogP contribution in [-0.4, -0.2) is 42.7 Å². The second-order valence-electron chi connectivity index (χ2n) is 7.17. The van der Waals surface area contributed by atoms with Crippen molar-refractivity contribution in [1.29, 1.82) is 0 Å². The van der Waals surface area contributed by atoms with Gasteiger partial charge in [0.2, 0.25) is 15.6 Å². The maximum absolute atomic E-state index is 12.7. The molecule has 2 aromatic carbocycles. The number of nitrogens with one attached hydrogen (secondary N) is 2. The van der Waals surface area contributed by atoms with E-state index in [2.05, 4.69) is 22.5 Å². The summed E-state index contributed by atoms with van der Waals surface area (Å²) >= 11 is 0. The molecule has 0 aliphatic carbocycles. The highest BCUT2D eigenvalue weighted by atomic mass is 32.2. The number of nitrogens with two attached hydrogens (primary N) is 1. The van der Waals surface area contributed by atoms with Crippen molar-refractivity contribution >= 4 is 32.7 Å². The summed E-state index contributed by atoms with van der Waals surface area (Å²) in [6.07, 6.45) is 1.62. The van der Waals surface area contributed by atoms with E-state index in [-0.39, 0.29) is 22.9 Å². The van der Waals surface area contributed by atoms with Gasteiger partial charge in [-0.05, 0) is 36.4 Å². The number of ether oxygens (including phenoxy) is 1. The number of primary sulfonamides is 1. The van der Waals surface area contributed by atoms with E-state index in [1.807, 2.05) is 0 Å². The molecule has 1 aliphatic rings. The van der Waals surface area contributed by atoms with Crippen LogP contribution in [0.2, 0.25) is 0 Å². The van der Waals surface area contributed by atoms with Crippen LogP contribution in [0.5, 0.6) is 11.6 Å². The Labute approximate surface area is 183 Å². The largest absolute Gasteiger partial charge is 0.497 e. The molecule has 1 aromatic heterocycles. The summed E-state index contributed by atoms with van der Waals surface area (Å²) in [5.41, 5.74) is -1.43. The van der Waals surface area contributed by atoms with E-state index in [4.69, 9.17) is 9.88 Å². The van der Waals surface area contributed by atoms with Crippen molar-refractivity contribution in [1.82, 2.24) is 15.2 Å². The van der Waals surface area contributed by atoms with Crippen LogP contribution in [0.4, 0.5) is 4.79 Å². The molecule has 1 fully saturated rings. The van der Waals surface area contributed by atoms with Crippen LogP contribution < -0.4 is 20.5 Å². The zero-order chi connectivity index (χ0) is 23.1. The van der Waals surface area contributed by atoms with E-state index in [0.29, 0.717) is 16.5 Å². The average Bonchev–Trinajstić information content (AvgIpc) is 3.21. The molecule has 5 N–H and O–H groups in total. The lowest BCUT2D eigenvalue weighted by molar-refractivity contribution is -0.122. The quantitative estimate of drug-likeness (QED) is 0.335. The number of benzene rings is 2. The summed E-state index contributed by atoms with van der Waals surface area (Å²) in [5, 5.41) is 21.7. The molecule has 1 atom stereocenters. The van der Waals surface area contributed by atoms with Crippen LogP contribution in [0.3, 0.4) is 0 Å². The standard InChI is InChI=1S/C21H18N4O6S/c1-31-15-6-5-14-11-25(18(26)17(14)10-15)12-21(19(27)23-20(28)24-21)8-7-13-3-2-4-16(9-13)32(22,29)30/h2-6,9-11,26H,12H2,1H3,(H2,22,29,30)(H2,23,24,27,28)/t21-/m1/s1. The molecule has 32 heavy (non-hydrogen) atoms. The van der Waals surface area contributed by atoms with E-state index in [9.17, 15) is 23.1 Å². The van der Waals surface area contributed by atoms with Crippen LogP contribution in [-0.2, 0) is 21.4 Å². The van der Waals surface area contributed by atoms with Gasteiger partial charge in [0.1, 0.15) is 5.75 Å². The summed E-state index contributed by atoms with van der Waals surface area (Å²) in [7, 11) is -2.43. The van der Waals surface area contributed by atoms with Gasteiger partial charge in [0, 0.05) is 22.5 Å². The molecular formula is C21H18N4O6S. The van der Waals surface area contributed by atoms with Crippen LogP contribution in [0.1, 0.15) is 5.56 Å².